The predicted octanol–water partition coefficient (Wildman–Crippen LogP) is 9.46. The number of ether oxygens (including phenoxy) is 2. The van der Waals surface area contributed by atoms with Gasteiger partial charge in [0.2, 0.25) is 0 Å². The van der Waals surface area contributed by atoms with Gasteiger partial charge < -0.3 is 9.47 Å². The lowest BCUT2D eigenvalue weighted by Crippen LogP contribution is -2.15. The molecule has 0 saturated carbocycles. The van der Waals surface area contributed by atoms with E-state index in [0.717, 1.165) is 48.3 Å². The monoisotopic (exact) mass is 530 g/mol. The molecule has 0 bridgehead atoms. The van der Waals surface area contributed by atoms with Crippen LogP contribution < -0.4 is 4.74 Å². The number of benzene rings is 2. The van der Waals surface area contributed by atoms with E-state index in [2.05, 4.69) is 48.1 Å². The van der Waals surface area contributed by atoms with E-state index in [1.807, 2.05) is 31.2 Å². The van der Waals surface area contributed by atoms with Crippen molar-refractivity contribution in [3.63, 3.8) is 0 Å². The summed E-state index contributed by atoms with van der Waals surface area (Å²) in [4.78, 5) is 21.3. The van der Waals surface area contributed by atoms with Gasteiger partial charge in [-0.3, -0.25) is 0 Å². The number of carbonyl (C=O) groups is 1. The molecule has 1 atom stereocenters. The van der Waals surface area contributed by atoms with Gasteiger partial charge in [-0.15, -0.1) is 0 Å². The largest absolute Gasteiger partial charge is 0.494 e. The molecule has 0 aliphatic heterocycles. The standard InChI is InChI=1S/C34H46N2O3/c1-4-6-8-10-12-14-24-38-32-22-20-29(21-23-32)28-16-18-30(19-17-28)33-35-25-31(26-36-33)34(37)39-27(3)15-13-11-9-7-5-2/h16-23,25-27H,4-15,24H2,1-3H3/t27-/m0/s1. The Morgan fingerprint density at radius 3 is 1.82 bits per heavy atom. The average molecular weight is 531 g/mol. The Labute approximate surface area is 235 Å². The van der Waals surface area contributed by atoms with E-state index in [1.165, 1.54) is 57.8 Å². The topological polar surface area (TPSA) is 61.3 Å². The molecule has 5 heteroatoms. The molecule has 0 amide bonds. The molecule has 0 unspecified atom stereocenters. The number of rotatable bonds is 18. The minimum absolute atomic E-state index is 0.104. The summed E-state index contributed by atoms with van der Waals surface area (Å²) in [5.74, 6) is 1.13. The van der Waals surface area contributed by atoms with Gasteiger partial charge in [0.15, 0.2) is 5.82 Å². The molecule has 1 heterocycles. The maximum absolute atomic E-state index is 12.5. The highest BCUT2D eigenvalue weighted by molar-refractivity contribution is 5.89. The molecule has 0 fully saturated rings. The number of carbonyl (C=O) groups excluding carboxylic acids is 1. The Bertz CT molecular complexity index is 1080. The first kappa shape index (κ1) is 30.3. The van der Waals surface area contributed by atoms with Crippen molar-refractivity contribution in [2.24, 2.45) is 0 Å². The van der Waals surface area contributed by atoms with Gasteiger partial charge >= 0.3 is 5.97 Å². The third kappa shape index (κ3) is 10.8. The summed E-state index contributed by atoms with van der Waals surface area (Å²) < 4.78 is 11.5. The van der Waals surface area contributed by atoms with Crippen LogP contribution in [-0.2, 0) is 4.74 Å². The number of unbranched alkanes of at least 4 members (excludes halogenated alkanes) is 9. The first-order valence-corrected chi connectivity index (χ1v) is 15.0. The summed E-state index contributed by atoms with van der Waals surface area (Å²) in [6, 6.07) is 16.4. The number of aromatic nitrogens is 2. The van der Waals surface area contributed by atoms with Crippen molar-refractivity contribution < 1.29 is 14.3 Å². The van der Waals surface area contributed by atoms with E-state index in [-0.39, 0.29) is 12.1 Å². The van der Waals surface area contributed by atoms with Gasteiger partial charge in [-0.1, -0.05) is 108 Å². The summed E-state index contributed by atoms with van der Waals surface area (Å²) in [5, 5.41) is 0. The summed E-state index contributed by atoms with van der Waals surface area (Å²) in [5.41, 5.74) is 3.53. The smallest absolute Gasteiger partial charge is 0.341 e. The Morgan fingerprint density at radius 1 is 0.692 bits per heavy atom. The van der Waals surface area contributed by atoms with Crippen LogP contribution in [0.3, 0.4) is 0 Å². The Morgan fingerprint density at radius 2 is 1.21 bits per heavy atom. The Balaban J connectivity index is 1.46. The average Bonchev–Trinajstić information content (AvgIpc) is 2.97. The van der Waals surface area contributed by atoms with Crippen molar-refractivity contribution >= 4 is 5.97 Å². The Kier molecular flexibility index (Phi) is 13.5. The van der Waals surface area contributed by atoms with E-state index in [4.69, 9.17) is 9.47 Å². The summed E-state index contributed by atoms with van der Waals surface area (Å²) in [6.45, 7) is 7.17. The van der Waals surface area contributed by atoms with Gasteiger partial charge in [0.1, 0.15) is 5.75 Å². The van der Waals surface area contributed by atoms with Gasteiger partial charge in [-0.2, -0.15) is 0 Å². The van der Waals surface area contributed by atoms with Crippen LogP contribution in [0.4, 0.5) is 0 Å². The van der Waals surface area contributed by atoms with Crippen LogP contribution in [0.2, 0.25) is 0 Å². The lowest BCUT2D eigenvalue weighted by molar-refractivity contribution is 0.0318. The second kappa shape index (κ2) is 17.4. The minimum atomic E-state index is -0.364. The molecule has 0 spiro atoms. The first-order valence-electron chi connectivity index (χ1n) is 15.0. The van der Waals surface area contributed by atoms with Crippen LogP contribution in [-0.4, -0.2) is 28.6 Å². The van der Waals surface area contributed by atoms with Crippen LogP contribution in [0.25, 0.3) is 22.5 Å². The highest BCUT2D eigenvalue weighted by Crippen LogP contribution is 2.25. The molecule has 210 valence electrons. The molecular formula is C34H46N2O3. The van der Waals surface area contributed by atoms with Gasteiger partial charge in [-0.05, 0) is 49.4 Å². The van der Waals surface area contributed by atoms with E-state index < -0.39 is 0 Å². The second-order valence-corrected chi connectivity index (χ2v) is 10.4. The van der Waals surface area contributed by atoms with E-state index in [0.29, 0.717) is 11.4 Å². The zero-order valence-corrected chi connectivity index (χ0v) is 24.2. The van der Waals surface area contributed by atoms with Crippen LogP contribution in [0.1, 0.15) is 108 Å². The molecule has 0 radical (unpaired) electrons. The molecular weight excluding hydrogens is 484 g/mol. The summed E-state index contributed by atoms with van der Waals surface area (Å²) in [7, 11) is 0. The maximum atomic E-state index is 12.5. The first-order chi connectivity index (χ1) is 19.1. The highest BCUT2D eigenvalue weighted by atomic mass is 16.5. The van der Waals surface area contributed by atoms with E-state index >= 15 is 0 Å². The van der Waals surface area contributed by atoms with E-state index in [1.54, 1.807) is 12.4 Å². The Hall–Kier alpha value is -3.21. The third-order valence-electron chi connectivity index (χ3n) is 7.01. The highest BCUT2D eigenvalue weighted by Gasteiger charge is 2.13. The summed E-state index contributed by atoms with van der Waals surface area (Å²) >= 11 is 0. The van der Waals surface area contributed by atoms with Crippen molar-refractivity contribution in [3.05, 3.63) is 66.5 Å². The third-order valence-corrected chi connectivity index (χ3v) is 7.01. The molecule has 0 aliphatic rings. The molecule has 0 aliphatic carbocycles. The molecule has 0 N–H and O–H groups in total. The fourth-order valence-electron chi connectivity index (χ4n) is 4.56. The lowest BCUT2D eigenvalue weighted by atomic mass is 10.0. The number of hydrogen-bond donors (Lipinski definition) is 0. The van der Waals surface area contributed by atoms with Crippen molar-refractivity contribution in [1.29, 1.82) is 0 Å². The second-order valence-electron chi connectivity index (χ2n) is 10.4. The molecule has 5 nitrogen and oxygen atoms in total. The SMILES string of the molecule is CCCCCCCCOc1ccc(-c2ccc(-c3ncc(C(=O)O[C@@H](C)CCCCCCC)cn3)cc2)cc1. The normalized spacial score (nSPS) is 11.8. The lowest BCUT2D eigenvalue weighted by Gasteiger charge is -2.13. The van der Waals surface area contributed by atoms with Crippen LogP contribution in [0.15, 0.2) is 60.9 Å². The van der Waals surface area contributed by atoms with Gasteiger partial charge in [-0.25, -0.2) is 14.8 Å². The molecule has 1 aromatic heterocycles. The van der Waals surface area contributed by atoms with Crippen molar-refractivity contribution in [2.45, 2.75) is 104 Å². The molecule has 3 aromatic rings. The molecule has 0 saturated heterocycles. The number of esters is 1. The number of hydrogen-bond acceptors (Lipinski definition) is 5. The maximum Gasteiger partial charge on any atom is 0.341 e. The number of nitrogens with zero attached hydrogens (tertiary/aromatic N) is 2. The van der Waals surface area contributed by atoms with Crippen molar-refractivity contribution in [2.75, 3.05) is 6.61 Å². The summed E-state index contributed by atoms with van der Waals surface area (Å²) in [6.07, 6.45) is 17.5. The fraction of sp³-hybridized carbons (Fsp3) is 0.500. The zero-order valence-electron chi connectivity index (χ0n) is 24.2. The zero-order chi connectivity index (χ0) is 27.7. The molecule has 2 aromatic carbocycles. The van der Waals surface area contributed by atoms with E-state index in [9.17, 15) is 4.79 Å². The quantitative estimate of drug-likeness (QED) is 0.121. The van der Waals surface area contributed by atoms with Gasteiger partial charge in [0, 0.05) is 18.0 Å². The fourth-order valence-corrected chi connectivity index (χ4v) is 4.56. The minimum Gasteiger partial charge on any atom is -0.494 e. The van der Waals surface area contributed by atoms with Gasteiger partial charge in [0.05, 0.1) is 18.3 Å². The van der Waals surface area contributed by atoms with Crippen molar-refractivity contribution in [3.8, 4) is 28.3 Å². The van der Waals surface area contributed by atoms with Crippen molar-refractivity contribution in [1.82, 2.24) is 9.97 Å². The molecule has 39 heavy (non-hydrogen) atoms. The van der Waals surface area contributed by atoms with Crippen LogP contribution in [0.5, 0.6) is 5.75 Å². The van der Waals surface area contributed by atoms with Gasteiger partial charge in [0.25, 0.3) is 0 Å². The molecule has 3 rings (SSSR count). The predicted molar refractivity (Wildman–Crippen MR) is 160 cm³/mol. The van der Waals surface area contributed by atoms with Crippen LogP contribution >= 0.6 is 0 Å². The van der Waals surface area contributed by atoms with Crippen LogP contribution in [0, 0.1) is 0 Å².